The average molecular weight is 296 g/mol. The summed E-state index contributed by atoms with van der Waals surface area (Å²) >= 11 is 3.01. The Labute approximate surface area is 96.8 Å². The number of hydrogen-bond donors (Lipinski definition) is 0. The van der Waals surface area contributed by atoms with E-state index in [2.05, 4.69) is 20.9 Å². The van der Waals surface area contributed by atoms with Crippen LogP contribution in [0.2, 0.25) is 0 Å². The maximum absolute atomic E-state index is 11.9. The molecule has 0 aliphatic carbocycles. The normalized spacial score (nSPS) is 11.2. The number of alkyl halides is 3. The van der Waals surface area contributed by atoms with Crippen LogP contribution in [0, 0.1) is 0 Å². The van der Waals surface area contributed by atoms with Crippen LogP contribution in [-0.2, 0) is 4.79 Å². The molecule has 0 saturated carbocycles. The van der Waals surface area contributed by atoms with Crippen molar-refractivity contribution in [3.05, 3.63) is 28.5 Å². The zero-order chi connectivity index (χ0) is 12.3. The van der Waals surface area contributed by atoms with E-state index in [4.69, 9.17) is 0 Å². The van der Waals surface area contributed by atoms with Crippen molar-refractivity contribution in [3.63, 3.8) is 0 Å². The molecular weight excluding hydrogens is 291 g/mol. The highest BCUT2D eigenvalue weighted by Gasteiger charge is 2.39. The number of pyridine rings is 1. The number of Topliss-reactive ketones (excluding diaryl/α,β-unsaturated/α-hetero) is 2. The second-order valence-corrected chi connectivity index (χ2v) is 3.70. The molecule has 0 saturated heterocycles. The number of ketones is 2. The van der Waals surface area contributed by atoms with Crippen molar-refractivity contribution in [1.29, 1.82) is 0 Å². The summed E-state index contributed by atoms with van der Waals surface area (Å²) < 4.78 is 36.0. The predicted molar refractivity (Wildman–Crippen MR) is 51.9 cm³/mol. The molecule has 0 aliphatic rings. The fourth-order valence-corrected chi connectivity index (χ4v) is 1.12. The van der Waals surface area contributed by atoms with Gasteiger partial charge in [0.2, 0.25) is 5.78 Å². The molecule has 0 aromatic carbocycles. The van der Waals surface area contributed by atoms with Crippen LogP contribution in [0.1, 0.15) is 16.8 Å². The minimum Gasteiger partial charge on any atom is -0.294 e. The standard InChI is InChI=1S/C9H5BrF3NO2/c10-8-2-1-5(4-14-8)6(15)3-7(16)9(11,12)13/h1-2,4H,3H2. The number of carbonyl (C=O) groups is 2. The van der Waals surface area contributed by atoms with Gasteiger partial charge in [-0.1, -0.05) is 0 Å². The lowest BCUT2D eigenvalue weighted by Gasteiger charge is -2.04. The van der Waals surface area contributed by atoms with Crippen LogP contribution in [0.25, 0.3) is 0 Å². The summed E-state index contributed by atoms with van der Waals surface area (Å²) in [7, 11) is 0. The molecule has 0 aliphatic heterocycles. The summed E-state index contributed by atoms with van der Waals surface area (Å²) in [4.78, 5) is 25.4. The maximum Gasteiger partial charge on any atom is 0.450 e. The van der Waals surface area contributed by atoms with Crippen LogP contribution in [-0.4, -0.2) is 22.7 Å². The minimum absolute atomic E-state index is 0.0270. The number of rotatable bonds is 3. The SMILES string of the molecule is O=C(CC(=O)C(F)(F)F)c1ccc(Br)nc1. The lowest BCUT2D eigenvalue weighted by Crippen LogP contribution is -2.25. The van der Waals surface area contributed by atoms with Gasteiger partial charge in [-0.3, -0.25) is 9.59 Å². The van der Waals surface area contributed by atoms with Crippen molar-refractivity contribution in [2.75, 3.05) is 0 Å². The van der Waals surface area contributed by atoms with E-state index in [0.717, 1.165) is 6.20 Å². The van der Waals surface area contributed by atoms with Crippen LogP contribution in [0.5, 0.6) is 0 Å². The first-order chi connectivity index (χ1) is 7.30. The molecule has 0 atom stereocenters. The third-order valence-corrected chi connectivity index (χ3v) is 2.16. The van der Waals surface area contributed by atoms with Crippen LogP contribution in [0.15, 0.2) is 22.9 Å². The van der Waals surface area contributed by atoms with E-state index in [1.807, 2.05) is 0 Å². The van der Waals surface area contributed by atoms with Gasteiger partial charge in [-0.25, -0.2) is 4.98 Å². The molecule has 0 radical (unpaired) electrons. The van der Waals surface area contributed by atoms with Crippen molar-refractivity contribution >= 4 is 27.5 Å². The summed E-state index contributed by atoms with van der Waals surface area (Å²) in [6, 6.07) is 2.70. The molecule has 0 bridgehead atoms. The second kappa shape index (κ2) is 4.73. The van der Waals surface area contributed by atoms with E-state index >= 15 is 0 Å². The van der Waals surface area contributed by atoms with Gasteiger partial charge in [-0.05, 0) is 28.1 Å². The minimum atomic E-state index is -4.97. The number of halogens is 4. The van der Waals surface area contributed by atoms with Crippen LogP contribution in [0.3, 0.4) is 0 Å². The number of aromatic nitrogens is 1. The first-order valence-electron chi connectivity index (χ1n) is 4.05. The Morgan fingerprint density at radius 2 is 1.94 bits per heavy atom. The lowest BCUT2D eigenvalue weighted by molar-refractivity contribution is -0.170. The third-order valence-electron chi connectivity index (χ3n) is 1.69. The average Bonchev–Trinajstić information content (AvgIpc) is 2.17. The topological polar surface area (TPSA) is 47.0 Å². The second-order valence-electron chi connectivity index (χ2n) is 2.89. The molecule has 0 unspecified atom stereocenters. The Morgan fingerprint density at radius 3 is 2.38 bits per heavy atom. The van der Waals surface area contributed by atoms with Crippen LogP contribution >= 0.6 is 15.9 Å². The summed E-state index contributed by atoms with van der Waals surface area (Å²) in [6.07, 6.45) is -5.05. The molecule has 1 aromatic rings. The Hall–Kier alpha value is -1.24. The lowest BCUT2D eigenvalue weighted by atomic mass is 10.1. The number of hydrogen-bond acceptors (Lipinski definition) is 3. The van der Waals surface area contributed by atoms with Gasteiger partial charge in [-0.15, -0.1) is 0 Å². The Bertz CT molecular complexity index is 414. The van der Waals surface area contributed by atoms with Gasteiger partial charge in [0.1, 0.15) is 4.60 Å². The molecule has 86 valence electrons. The summed E-state index contributed by atoms with van der Waals surface area (Å²) in [5.74, 6) is -2.96. The highest BCUT2D eigenvalue weighted by atomic mass is 79.9. The molecule has 0 amide bonds. The molecule has 1 aromatic heterocycles. The molecule has 0 spiro atoms. The van der Waals surface area contributed by atoms with E-state index in [1.54, 1.807) is 0 Å². The van der Waals surface area contributed by atoms with E-state index < -0.39 is 24.2 Å². The van der Waals surface area contributed by atoms with Gasteiger partial charge >= 0.3 is 6.18 Å². The highest BCUT2D eigenvalue weighted by molar-refractivity contribution is 9.10. The van der Waals surface area contributed by atoms with E-state index in [-0.39, 0.29) is 5.56 Å². The molecule has 0 N–H and O–H groups in total. The quantitative estimate of drug-likeness (QED) is 0.489. The van der Waals surface area contributed by atoms with Gasteiger partial charge in [-0.2, -0.15) is 13.2 Å². The Morgan fingerprint density at radius 1 is 1.31 bits per heavy atom. The molecule has 16 heavy (non-hydrogen) atoms. The zero-order valence-electron chi connectivity index (χ0n) is 7.71. The monoisotopic (exact) mass is 295 g/mol. The molecule has 1 rings (SSSR count). The summed E-state index contributed by atoms with van der Waals surface area (Å²) in [5, 5.41) is 0. The smallest absolute Gasteiger partial charge is 0.294 e. The van der Waals surface area contributed by atoms with Gasteiger partial charge in [0.25, 0.3) is 0 Å². The fourth-order valence-electron chi connectivity index (χ4n) is 0.889. The molecule has 7 heteroatoms. The Kier molecular flexibility index (Phi) is 3.79. The van der Waals surface area contributed by atoms with Crippen molar-refractivity contribution < 1.29 is 22.8 Å². The van der Waals surface area contributed by atoms with Crippen molar-refractivity contribution in [2.24, 2.45) is 0 Å². The predicted octanol–water partition coefficient (Wildman–Crippen LogP) is 2.55. The number of nitrogens with zero attached hydrogens (tertiary/aromatic N) is 1. The van der Waals surface area contributed by atoms with Gasteiger partial charge in [0, 0.05) is 11.8 Å². The molecular formula is C9H5BrF3NO2. The Balaban J connectivity index is 2.74. The maximum atomic E-state index is 11.9. The zero-order valence-corrected chi connectivity index (χ0v) is 9.30. The van der Waals surface area contributed by atoms with Crippen LogP contribution < -0.4 is 0 Å². The first kappa shape index (κ1) is 12.8. The highest BCUT2D eigenvalue weighted by Crippen LogP contribution is 2.19. The third kappa shape index (κ3) is 3.41. The van der Waals surface area contributed by atoms with Gasteiger partial charge < -0.3 is 0 Å². The number of carbonyl (C=O) groups excluding carboxylic acids is 2. The molecule has 0 fully saturated rings. The largest absolute Gasteiger partial charge is 0.450 e. The molecule has 3 nitrogen and oxygen atoms in total. The fraction of sp³-hybridized carbons (Fsp3) is 0.222. The van der Waals surface area contributed by atoms with Crippen LogP contribution in [0.4, 0.5) is 13.2 Å². The first-order valence-corrected chi connectivity index (χ1v) is 4.85. The summed E-state index contributed by atoms with van der Waals surface area (Å²) in [5.41, 5.74) is -0.0270. The van der Waals surface area contributed by atoms with E-state index in [1.165, 1.54) is 12.1 Å². The molecule has 1 heterocycles. The van der Waals surface area contributed by atoms with Crippen molar-refractivity contribution in [1.82, 2.24) is 4.98 Å². The van der Waals surface area contributed by atoms with Crippen molar-refractivity contribution in [3.8, 4) is 0 Å². The summed E-state index contributed by atoms with van der Waals surface area (Å²) in [6.45, 7) is 0. The van der Waals surface area contributed by atoms with Gasteiger partial charge in [0.15, 0.2) is 5.78 Å². The van der Waals surface area contributed by atoms with E-state index in [9.17, 15) is 22.8 Å². The van der Waals surface area contributed by atoms with E-state index in [0.29, 0.717) is 4.60 Å². The van der Waals surface area contributed by atoms with Crippen molar-refractivity contribution in [2.45, 2.75) is 12.6 Å². The van der Waals surface area contributed by atoms with Gasteiger partial charge in [0.05, 0.1) is 6.42 Å².